The minimum Gasteiger partial charge on any atom is -0.365 e. The molecule has 1 heterocycles. The van der Waals surface area contributed by atoms with Crippen LogP contribution >= 0.6 is 0 Å². The number of aryl methyl sites for hydroxylation is 1. The fraction of sp³-hybridized carbons (Fsp3) is 0.500. The second-order valence-corrected chi connectivity index (χ2v) is 2.05. The van der Waals surface area contributed by atoms with Gasteiger partial charge in [0.2, 0.25) is 0 Å². The Morgan fingerprint density at radius 3 is 3.27 bits per heavy atom. The maximum atomic E-state index is 7.95. The highest BCUT2D eigenvalue weighted by Crippen LogP contribution is 1.98. The molecule has 0 N–H and O–H groups in total. The second kappa shape index (κ2) is 4.35. The summed E-state index contributed by atoms with van der Waals surface area (Å²) in [5.74, 6) is 0. The molecule has 0 bridgehead atoms. The zero-order chi connectivity index (χ0) is 7.94. The topological polar surface area (TPSA) is 74.8 Å². The maximum Gasteiger partial charge on any atom is 0.124 e. The Morgan fingerprint density at radius 1 is 1.73 bits per heavy atom. The lowest BCUT2D eigenvalue weighted by Gasteiger charge is -1.88. The van der Waals surface area contributed by atoms with E-state index in [-0.39, 0.29) is 0 Å². The third-order valence-electron chi connectivity index (χ3n) is 1.25. The van der Waals surface area contributed by atoms with Crippen LogP contribution in [0.25, 0.3) is 10.4 Å². The van der Waals surface area contributed by atoms with Crippen molar-refractivity contribution in [2.75, 3.05) is 6.54 Å². The van der Waals surface area contributed by atoms with Gasteiger partial charge >= 0.3 is 0 Å². The van der Waals surface area contributed by atoms with Crippen LogP contribution in [0.4, 0.5) is 0 Å². The smallest absolute Gasteiger partial charge is 0.124 e. The average molecular weight is 152 g/mol. The van der Waals surface area contributed by atoms with Crippen molar-refractivity contribution in [1.82, 2.24) is 5.16 Å². The van der Waals surface area contributed by atoms with E-state index in [4.69, 9.17) is 5.53 Å². The zero-order valence-corrected chi connectivity index (χ0v) is 5.97. The van der Waals surface area contributed by atoms with Crippen LogP contribution in [-0.4, -0.2) is 11.7 Å². The predicted octanol–water partition coefficient (Wildman–Crippen LogP) is 1.92. The highest BCUT2D eigenvalue weighted by atomic mass is 16.5. The molecule has 0 atom stereocenters. The van der Waals surface area contributed by atoms with Crippen molar-refractivity contribution in [2.24, 2.45) is 5.11 Å². The first-order valence-electron chi connectivity index (χ1n) is 3.33. The normalized spacial score (nSPS) is 9.09. The summed E-state index contributed by atoms with van der Waals surface area (Å²) in [5.41, 5.74) is 8.85. The van der Waals surface area contributed by atoms with Crippen LogP contribution in [0.3, 0.4) is 0 Å². The Hall–Kier alpha value is -1.48. The molecule has 0 saturated carbocycles. The van der Waals surface area contributed by atoms with Gasteiger partial charge in [0.15, 0.2) is 0 Å². The highest BCUT2D eigenvalue weighted by Gasteiger charge is 1.93. The third kappa shape index (κ3) is 2.73. The zero-order valence-electron chi connectivity index (χ0n) is 5.97. The molecule has 0 aliphatic carbocycles. The van der Waals surface area contributed by atoms with Gasteiger partial charge in [0.1, 0.15) is 6.26 Å². The van der Waals surface area contributed by atoms with Crippen LogP contribution in [0.5, 0.6) is 0 Å². The monoisotopic (exact) mass is 152 g/mol. The highest BCUT2D eigenvalue weighted by molar-refractivity contribution is 4.94. The maximum absolute atomic E-state index is 7.95. The number of aromatic nitrogens is 1. The van der Waals surface area contributed by atoms with Crippen LogP contribution in [-0.2, 0) is 6.42 Å². The minimum atomic E-state index is 0.517. The molecule has 5 nitrogen and oxygen atoms in total. The summed E-state index contributed by atoms with van der Waals surface area (Å²) in [5, 5.41) is 7.10. The van der Waals surface area contributed by atoms with E-state index in [1.54, 1.807) is 6.07 Å². The Labute approximate surface area is 63.6 Å². The average Bonchev–Trinajstić information content (AvgIpc) is 2.50. The lowest BCUT2D eigenvalue weighted by molar-refractivity contribution is 0.411. The summed E-state index contributed by atoms with van der Waals surface area (Å²) in [6.07, 6.45) is 3.15. The number of rotatable bonds is 4. The molecule has 1 aromatic heterocycles. The van der Waals surface area contributed by atoms with Crippen LogP contribution in [0.1, 0.15) is 12.1 Å². The number of nitrogens with zero attached hydrogens (tertiary/aromatic N) is 4. The second-order valence-electron chi connectivity index (χ2n) is 2.05. The lowest BCUT2D eigenvalue weighted by Crippen LogP contribution is -1.86. The van der Waals surface area contributed by atoms with Crippen molar-refractivity contribution in [3.8, 4) is 0 Å². The molecule has 58 valence electrons. The van der Waals surface area contributed by atoms with Crippen LogP contribution in [0.15, 0.2) is 22.0 Å². The number of azide groups is 1. The van der Waals surface area contributed by atoms with Crippen LogP contribution < -0.4 is 0 Å². The van der Waals surface area contributed by atoms with Crippen molar-refractivity contribution in [2.45, 2.75) is 12.8 Å². The van der Waals surface area contributed by atoms with Gasteiger partial charge in [-0.15, -0.1) is 0 Å². The van der Waals surface area contributed by atoms with Crippen molar-refractivity contribution in [1.29, 1.82) is 0 Å². The third-order valence-corrected chi connectivity index (χ3v) is 1.25. The van der Waals surface area contributed by atoms with E-state index in [9.17, 15) is 0 Å². The predicted molar refractivity (Wildman–Crippen MR) is 38.8 cm³/mol. The van der Waals surface area contributed by atoms with Gasteiger partial charge in [0, 0.05) is 17.5 Å². The van der Waals surface area contributed by atoms with Crippen LogP contribution in [0.2, 0.25) is 0 Å². The standard InChI is InChI=1S/C6H8N4O/c7-10-8-4-1-2-6-3-5-11-9-6/h3,5H,1-2,4H2. The number of hydrogen-bond acceptors (Lipinski definition) is 3. The van der Waals surface area contributed by atoms with Gasteiger partial charge in [-0.2, -0.15) is 0 Å². The molecule has 0 unspecified atom stereocenters. The molecule has 0 aromatic carbocycles. The molecule has 0 aliphatic rings. The molecule has 0 amide bonds. The van der Waals surface area contributed by atoms with Crippen molar-refractivity contribution in [3.05, 3.63) is 28.5 Å². The molecule has 0 spiro atoms. The number of hydrogen-bond donors (Lipinski definition) is 0. The molecule has 5 heteroatoms. The summed E-state index contributed by atoms with van der Waals surface area (Å²) in [4.78, 5) is 2.64. The van der Waals surface area contributed by atoms with Gasteiger partial charge in [-0.3, -0.25) is 0 Å². The summed E-state index contributed by atoms with van der Waals surface area (Å²) in [6.45, 7) is 0.517. The molecule has 11 heavy (non-hydrogen) atoms. The molecule has 1 aromatic rings. The van der Waals surface area contributed by atoms with Gasteiger partial charge in [0.25, 0.3) is 0 Å². The first-order chi connectivity index (χ1) is 5.43. The van der Waals surface area contributed by atoms with E-state index in [0.717, 1.165) is 18.5 Å². The summed E-state index contributed by atoms with van der Waals surface area (Å²) in [7, 11) is 0. The first-order valence-corrected chi connectivity index (χ1v) is 3.33. The Balaban J connectivity index is 2.18. The Morgan fingerprint density at radius 2 is 2.64 bits per heavy atom. The quantitative estimate of drug-likeness (QED) is 0.286. The lowest BCUT2D eigenvalue weighted by atomic mass is 10.2. The van der Waals surface area contributed by atoms with Gasteiger partial charge < -0.3 is 4.52 Å². The van der Waals surface area contributed by atoms with Gasteiger partial charge in [0.05, 0.1) is 5.69 Å². The molecule has 0 aliphatic heterocycles. The van der Waals surface area contributed by atoms with Crippen LogP contribution in [0, 0.1) is 0 Å². The summed E-state index contributed by atoms with van der Waals surface area (Å²) in [6, 6.07) is 1.80. The summed E-state index contributed by atoms with van der Waals surface area (Å²) >= 11 is 0. The van der Waals surface area contributed by atoms with E-state index in [2.05, 4.69) is 19.7 Å². The molecular weight excluding hydrogens is 144 g/mol. The molecule has 1 rings (SSSR count). The fourth-order valence-electron chi connectivity index (χ4n) is 0.742. The van der Waals surface area contributed by atoms with Gasteiger partial charge in [-0.05, 0) is 18.4 Å². The SMILES string of the molecule is [N-]=[N+]=NCCCc1ccon1. The van der Waals surface area contributed by atoms with E-state index < -0.39 is 0 Å². The van der Waals surface area contributed by atoms with E-state index in [0.29, 0.717) is 6.54 Å². The first kappa shape index (κ1) is 7.63. The van der Waals surface area contributed by atoms with Crippen molar-refractivity contribution in [3.63, 3.8) is 0 Å². The van der Waals surface area contributed by atoms with E-state index in [1.165, 1.54) is 6.26 Å². The van der Waals surface area contributed by atoms with Crippen molar-refractivity contribution < 1.29 is 4.52 Å². The molecule has 0 fully saturated rings. The summed E-state index contributed by atoms with van der Waals surface area (Å²) < 4.78 is 4.62. The van der Waals surface area contributed by atoms with Crippen molar-refractivity contribution >= 4 is 0 Å². The van der Waals surface area contributed by atoms with Gasteiger partial charge in [-0.1, -0.05) is 10.3 Å². The molecule has 0 radical (unpaired) electrons. The Bertz CT molecular complexity index is 237. The molecule has 0 saturated heterocycles. The van der Waals surface area contributed by atoms with E-state index in [1.807, 2.05) is 0 Å². The minimum absolute atomic E-state index is 0.517. The Kier molecular flexibility index (Phi) is 3.02. The van der Waals surface area contributed by atoms with Gasteiger partial charge in [-0.25, -0.2) is 0 Å². The fourth-order valence-corrected chi connectivity index (χ4v) is 0.742. The largest absolute Gasteiger partial charge is 0.365 e. The van der Waals surface area contributed by atoms with E-state index >= 15 is 0 Å². The molecular formula is C6H8N4O.